The SMILES string of the molecule is CC.Cc1ccc(CN(C)C)c(Cl)c1. The van der Waals surface area contributed by atoms with Crippen molar-refractivity contribution in [2.24, 2.45) is 0 Å². The Balaban J connectivity index is 0.000000791. The number of hydrogen-bond donors (Lipinski definition) is 0. The van der Waals surface area contributed by atoms with Gasteiger partial charge in [0.1, 0.15) is 0 Å². The van der Waals surface area contributed by atoms with Crippen LogP contribution >= 0.6 is 11.6 Å². The van der Waals surface area contributed by atoms with Gasteiger partial charge in [0.2, 0.25) is 0 Å². The fourth-order valence-electron chi connectivity index (χ4n) is 1.12. The van der Waals surface area contributed by atoms with Crippen molar-refractivity contribution in [3.63, 3.8) is 0 Å². The van der Waals surface area contributed by atoms with Gasteiger partial charge in [0.15, 0.2) is 0 Å². The molecule has 0 radical (unpaired) electrons. The minimum absolute atomic E-state index is 0.865. The van der Waals surface area contributed by atoms with E-state index in [1.54, 1.807) is 0 Å². The van der Waals surface area contributed by atoms with Crippen LogP contribution in [0.15, 0.2) is 18.2 Å². The highest BCUT2D eigenvalue weighted by Gasteiger charge is 2.00. The quantitative estimate of drug-likeness (QED) is 0.724. The van der Waals surface area contributed by atoms with E-state index < -0.39 is 0 Å². The molecule has 0 fully saturated rings. The molecule has 0 saturated carbocycles. The first-order chi connectivity index (χ1) is 6.59. The smallest absolute Gasteiger partial charge is 0.0453 e. The molecule has 0 saturated heterocycles. The van der Waals surface area contributed by atoms with Crippen LogP contribution in [0.1, 0.15) is 25.0 Å². The van der Waals surface area contributed by atoms with Gasteiger partial charge in [-0.1, -0.05) is 37.6 Å². The Kier molecular flexibility index (Phi) is 6.60. The lowest BCUT2D eigenvalue weighted by atomic mass is 10.1. The zero-order valence-corrected chi connectivity index (χ0v) is 10.5. The van der Waals surface area contributed by atoms with Crippen molar-refractivity contribution in [3.05, 3.63) is 34.3 Å². The molecule has 0 amide bonds. The van der Waals surface area contributed by atoms with E-state index in [-0.39, 0.29) is 0 Å². The van der Waals surface area contributed by atoms with Gasteiger partial charge in [0.25, 0.3) is 0 Å². The van der Waals surface area contributed by atoms with Gasteiger partial charge in [-0.2, -0.15) is 0 Å². The molecule has 80 valence electrons. The van der Waals surface area contributed by atoms with Gasteiger partial charge in [-0.05, 0) is 38.2 Å². The molecule has 0 spiro atoms. The summed E-state index contributed by atoms with van der Waals surface area (Å²) < 4.78 is 0. The Morgan fingerprint density at radius 1 is 1.21 bits per heavy atom. The summed E-state index contributed by atoms with van der Waals surface area (Å²) >= 11 is 6.05. The van der Waals surface area contributed by atoms with E-state index in [1.807, 2.05) is 40.9 Å². The van der Waals surface area contributed by atoms with Crippen LogP contribution in [0, 0.1) is 6.92 Å². The summed E-state index contributed by atoms with van der Waals surface area (Å²) in [5.74, 6) is 0. The molecule has 1 aromatic rings. The number of aryl methyl sites for hydroxylation is 1. The molecule has 0 aliphatic rings. The molecule has 1 rings (SSSR count). The number of halogens is 1. The average Bonchev–Trinajstić information content (AvgIpc) is 2.13. The van der Waals surface area contributed by atoms with Crippen molar-refractivity contribution in [2.75, 3.05) is 14.1 Å². The molecule has 0 heterocycles. The van der Waals surface area contributed by atoms with Gasteiger partial charge in [0.05, 0.1) is 0 Å². The fourth-order valence-corrected chi connectivity index (χ4v) is 1.42. The largest absolute Gasteiger partial charge is 0.305 e. The molecule has 0 bridgehead atoms. The van der Waals surface area contributed by atoms with Crippen molar-refractivity contribution in [1.29, 1.82) is 0 Å². The van der Waals surface area contributed by atoms with E-state index in [4.69, 9.17) is 11.6 Å². The topological polar surface area (TPSA) is 3.24 Å². The second-order valence-electron chi connectivity index (χ2n) is 3.33. The maximum absolute atomic E-state index is 6.05. The van der Waals surface area contributed by atoms with Gasteiger partial charge < -0.3 is 4.90 Å². The lowest BCUT2D eigenvalue weighted by molar-refractivity contribution is 0.402. The third kappa shape index (κ3) is 4.64. The second kappa shape index (κ2) is 6.86. The van der Waals surface area contributed by atoms with Gasteiger partial charge in [-0.15, -0.1) is 0 Å². The van der Waals surface area contributed by atoms with Crippen LogP contribution in [-0.2, 0) is 6.54 Å². The van der Waals surface area contributed by atoms with Crippen LogP contribution in [0.2, 0.25) is 5.02 Å². The molecular weight excluding hydrogens is 194 g/mol. The number of benzene rings is 1. The van der Waals surface area contributed by atoms with Crippen LogP contribution < -0.4 is 0 Å². The molecule has 14 heavy (non-hydrogen) atoms. The summed E-state index contributed by atoms with van der Waals surface area (Å²) in [5, 5.41) is 0.865. The van der Waals surface area contributed by atoms with Crippen LogP contribution in [0.4, 0.5) is 0 Å². The van der Waals surface area contributed by atoms with Gasteiger partial charge >= 0.3 is 0 Å². The van der Waals surface area contributed by atoms with Crippen molar-refractivity contribution in [2.45, 2.75) is 27.3 Å². The Bertz CT molecular complexity index is 269. The van der Waals surface area contributed by atoms with E-state index >= 15 is 0 Å². The van der Waals surface area contributed by atoms with Gasteiger partial charge in [-0.25, -0.2) is 0 Å². The van der Waals surface area contributed by atoms with Crippen molar-refractivity contribution in [1.82, 2.24) is 4.90 Å². The number of hydrogen-bond acceptors (Lipinski definition) is 1. The first kappa shape index (κ1) is 13.5. The zero-order valence-electron chi connectivity index (χ0n) is 9.76. The summed E-state index contributed by atoms with van der Waals surface area (Å²) in [7, 11) is 4.08. The second-order valence-corrected chi connectivity index (χ2v) is 3.74. The van der Waals surface area contributed by atoms with E-state index in [0.717, 1.165) is 11.6 Å². The Morgan fingerprint density at radius 3 is 2.21 bits per heavy atom. The maximum atomic E-state index is 6.05. The van der Waals surface area contributed by atoms with Gasteiger partial charge in [0, 0.05) is 11.6 Å². The highest BCUT2D eigenvalue weighted by Crippen LogP contribution is 2.18. The highest BCUT2D eigenvalue weighted by molar-refractivity contribution is 6.31. The number of rotatable bonds is 2. The standard InChI is InChI=1S/C10H14ClN.C2H6/c1-8-4-5-9(7-12(2)3)10(11)6-8;1-2/h4-6H,7H2,1-3H3;1-2H3. The molecule has 0 atom stereocenters. The van der Waals surface area contributed by atoms with Gasteiger partial charge in [-0.3, -0.25) is 0 Å². The number of nitrogens with zero attached hydrogens (tertiary/aromatic N) is 1. The Hall–Kier alpha value is -0.530. The summed E-state index contributed by atoms with van der Waals surface area (Å²) in [6.07, 6.45) is 0. The van der Waals surface area contributed by atoms with E-state index in [1.165, 1.54) is 11.1 Å². The monoisotopic (exact) mass is 213 g/mol. The summed E-state index contributed by atoms with van der Waals surface area (Å²) in [4.78, 5) is 2.11. The Morgan fingerprint density at radius 2 is 1.79 bits per heavy atom. The molecule has 1 nitrogen and oxygen atoms in total. The average molecular weight is 214 g/mol. The molecule has 0 N–H and O–H groups in total. The van der Waals surface area contributed by atoms with Crippen molar-refractivity contribution in [3.8, 4) is 0 Å². The lowest BCUT2D eigenvalue weighted by Crippen LogP contribution is -2.10. The molecule has 0 aliphatic carbocycles. The molecule has 0 unspecified atom stereocenters. The molecule has 2 heteroatoms. The minimum Gasteiger partial charge on any atom is -0.305 e. The maximum Gasteiger partial charge on any atom is 0.0453 e. The summed E-state index contributed by atoms with van der Waals surface area (Å²) in [6, 6.07) is 6.17. The lowest BCUT2D eigenvalue weighted by Gasteiger charge is -2.11. The van der Waals surface area contributed by atoms with Crippen LogP contribution in [0.5, 0.6) is 0 Å². The van der Waals surface area contributed by atoms with E-state index in [9.17, 15) is 0 Å². The predicted molar refractivity (Wildman–Crippen MR) is 64.9 cm³/mol. The molecule has 0 aliphatic heterocycles. The molecular formula is C12H20ClN. The van der Waals surface area contributed by atoms with E-state index in [2.05, 4.69) is 17.0 Å². The molecule has 0 aromatic heterocycles. The summed E-state index contributed by atoms with van der Waals surface area (Å²) in [5.41, 5.74) is 2.40. The third-order valence-electron chi connectivity index (χ3n) is 1.70. The third-order valence-corrected chi connectivity index (χ3v) is 2.05. The Labute approximate surface area is 92.7 Å². The van der Waals surface area contributed by atoms with Crippen LogP contribution in [0.3, 0.4) is 0 Å². The normalized spacial score (nSPS) is 9.64. The fraction of sp³-hybridized carbons (Fsp3) is 0.500. The zero-order chi connectivity index (χ0) is 11.1. The van der Waals surface area contributed by atoms with E-state index in [0.29, 0.717) is 0 Å². The molecule has 1 aromatic carbocycles. The van der Waals surface area contributed by atoms with Crippen molar-refractivity contribution >= 4 is 11.6 Å². The van der Waals surface area contributed by atoms with Crippen molar-refractivity contribution < 1.29 is 0 Å². The minimum atomic E-state index is 0.865. The highest BCUT2D eigenvalue weighted by atomic mass is 35.5. The summed E-state index contributed by atoms with van der Waals surface area (Å²) in [6.45, 7) is 6.95. The first-order valence-corrected chi connectivity index (χ1v) is 5.37. The van der Waals surface area contributed by atoms with Crippen LogP contribution in [0.25, 0.3) is 0 Å². The predicted octanol–water partition coefficient (Wildman–Crippen LogP) is 3.74. The van der Waals surface area contributed by atoms with Crippen LogP contribution in [-0.4, -0.2) is 19.0 Å². The first-order valence-electron chi connectivity index (χ1n) is 4.99.